The van der Waals surface area contributed by atoms with Crippen LogP contribution in [0.1, 0.15) is 46.9 Å². The Bertz CT molecular complexity index is 2260. The summed E-state index contributed by atoms with van der Waals surface area (Å²) in [4.78, 5) is 4.78. The molecule has 8 rings (SSSR count). The largest absolute Gasteiger partial charge is 0.325 e. The quantitative estimate of drug-likeness (QED) is 0.138. The monoisotopic (exact) mass is 650 g/mol. The van der Waals surface area contributed by atoms with Gasteiger partial charge in [0, 0.05) is 29.4 Å². The number of fused-ring (bicyclic) bond motifs is 1. The second-order valence-electron chi connectivity index (χ2n) is 12.8. The molecule has 0 aliphatic heterocycles. The van der Waals surface area contributed by atoms with Crippen LogP contribution >= 0.6 is 0 Å². The second-order valence-corrected chi connectivity index (χ2v) is 12.8. The van der Waals surface area contributed by atoms with Crippen molar-refractivity contribution < 1.29 is 0 Å². The molecule has 0 radical (unpaired) electrons. The van der Waals surface area contributed by atoms with Crippen LogP contribution in [0.5, 0.6) is 0 Å². The maximum atomic E-state index is 4.79. The van der Waals surface area contributed by atoms with Gasteiger partial charge < -0.3 is 4.57 Å². The number of rotatable bonds is 10. The van der Waals surface area contributed by atoms with E-state index in [2.05, 4.69) is 157 Å². The highest BCUT2D eigenvalue weighted by Crippen LogP contribution is 2.43. The molecular weight excluding hydrogens is 613 g/mol. The van der Waals surface area contributed by atoms with E-state index in [0.717, 1.165) is 58.4 Å². The van der Waals surface area contributed by atoms with E-state index < -0.39 is 5.54 Å². The number of tetrazole rings is 1. The van der Waals surface area contributed by atoms with Crippen LogP contribution in [0.3, 0.4) is 0 Å². The van der Waals surface area contributed by atoms with Crippen LogP contribution in [-0.2, 0) is 18.5 Å². The van der Waals surface area contributed by atoms with Gasteiger partial charge in [-0.1, -0.05) is 153 Å². The van der Waals surface area contributed by atoms with E-state index in [0.29, 0.717) is 5.82 Å². The molecule has 0 atom stereocenters. The molecule has 0 saturated carbocycles. The molecule has 8 aromatic rings. The van der Waals surface area contributed by atoms with Gasteiger partial charge in [-0.25, -0.2) is 9.67 Å². The molecule has 6 nitrogen and oxygen atoms in total. The minimum Gasteiger partial charge on any atom is -0.325 e. The van der Waals surface area contributed by atoms with Crippen molar-refractivity contribution in [3.05, 3.63) is 191 Å². The average Bonchev–Trinajstić information content (AvgIpc) is 3.80. The predicted octanol–water partition coefficient (Wildman–Crippen LogP) is 9.51. The van der Waals surface area contributed by atoms with E-state index in [1.165, 1.54) is 22.2 Å². The van der Waals surface area contributed by atoms with Crippen molar-refractivity contribution in [2.75, 3.05) is 0 Å². The summed E-state index contributed by atoms with van der Waals surface area (Å²) >= 11 is 0. The molecule has 5 aromatic carbocycles. The number of hydrogen-bond donors (Lipinski definition) is 0. The summed E-state index contributed by atoms with van der Waals surface area (Å²) in [6.07, 6.45) is 4.02. The molecule has 244 valence electrons. The summed E-state index contributed by atoms with van der Waals surface area (Å²) in [6.45, 7) is 5.16. The van der Waals surface area contributed by atoms with E-state index in [9.17, 15) is 0 Å². The second kappa shape index (κ2) is 13.4. The summed E-state index contributed by atoms with van der Waals surface area (Å²) in [5.74, 6) is 0.686. The highest BCUT2D eigenvalue weighted by molar-refractivity contribution is 5.82. The minimum absolute atomic E-state index is 0.686. The van der Waals surface area contributed by atoms with Crippen molar-refractivity contribution >= 4 is 11.0 Å². The van der Waals surface area contributed by atoms with Crippen LogP contribution in [0.4, 0.5) is 0 Å². The highest BCUT2D eigenvalue weighted by atomic mass is 15.6. The lowest BCUT2D eigenvalue weighted by Crippen LogP contribution is -2.39. The Labute approximate surface area is 292 Å². The topological polar surface area (TPSA) is 61.4 Å². The molecule has 3 heterocycles. The first-order chi connectivity index (χ1) is 24.7. The molecule has 0 saturated heterocycles. The first kappa shape index (κ1) is 31.1. The lowest BCUT2D eigenvalue weighted by molar-refractivity contribution is 0.451. The Balaban J connectivity index is 1.24. The lowest BCUT2D eigenvalue weighted by atomic mass is 9.77. The maximum Gasteiger partial charge on any atom is 0.184 e. The average molecular weight is 651 g/mol. The van der Waals surface area contributed by atoms with E-state index in [4.69, 9.17) is 15.3 Å². The van der Waals surface area contributed by atoms with Crippen LogP contribution in [0.15, 0.2) is 158 Å². The number of nitrogens with zero attached hydrogens (tertiary/aromatic N) is 6. The van der Waals surface area contributed by atoms with Crippen molar-refractivity contribution in [3.8, 4) is 22.5 Å². The maximum absolute atomic E-state index is 4.79. The van der Waals surface area contributed by atoms with Crippen LogP contribution < -0.4 is 0 Å². The van der Waals surface area contributed by atoms with Gasteiger partial charge in [0.1, 0.15) is 11.2 Å². The number of aryl methyl sites for hydroxylation is 2. The van der Waals surface area contributed by atoms with E-state index in [1.54, 1.807) is 0 Å². The summed E-state index contributed by atoms with van der Waals surface area (Å²) < 4.78 is 4.38. The van der Waals surface area contributed by atoms with Gasteiger partial charge >= 0.3 is 0 Å². The van der Waals surface area contributed by atoms with Gasteiger partial charge in [0.15, 0.2) is 5.82 Å². The summed E-state index contributed by atoms with van der Waals surface area (Å²) in [5, 5.41) is 15.1. The minimum atomic E-state index is -0.832. The van der Waals surface area contributed by atoms with Crippen molar-refractivity contribution in [2.45, 2.75) is 38.8 Å². The normalized spacial score (nSPS) is 11.6. The Morgan fingerprint density at radius 1 is 0.640 bits per heavy atom. The van der Waals surface area contributed by atoms with Crippen molar-refractivity contribution in [1.29, 1.82) is 0 Å². The Kier molecular flexibility index (Phi) is 8.35. The molecule has 0 bridgehead atoms. The van der Waals surface area contributed by atoms with E-state index in [-0.39, 0.29) is 0 Å². The summed E-state index contributed by atoms with van der Waals surface area (Å²) in [5.41, 5.74) is 10.4. The molecule has 6 heteroatoms. The number of aromatic nitrogens is 6. The smallest absolute Gasteiger partial charge is 0.184 e. The molecule has 50 heavy (non-hydrogen) atoms. The number of pyridine rings is 1. The van der Waals surface area contributed by atoms with Gasteiger partial charge in [-0.05, 0) is 74.8 Å². The predicted molar refractivity (Wildman–Crippen MR) is 201 cm³/mol. The van der Waals surface area contributed by atoms with Crippen LogP contribution in [0.2, 0.25) is 0 Å². The Morgan fingerprint density at radius 2 is 1.22 bits per heavy atom. The standard InChI is InChI=1S/C44H38N6/c1-3-15-38-30-41-32(2)28-29-45-42(41)49(38)31-33-24-26-34(27-25-33)39-22-13-14-23-40(39)43-46-47-48-50(43)44(35-16-7-4-8-17-35,36-18-9-5-10-19-36)37-20-11-6-12-21-37/h4-14,16-30H,3,15,31H2,1-2H3. The van der Waals surface area contributed by atoms with Gasteiger partial charge in [0.05, 0.1) is 0 Å². The fraction of sp³-hybridized carbons (Fsp3) is 0.136. The van der Waals surface area contributed by atoms with Crippen molar-refractivity contribution in [1.82, 2.24) is 29.8 Å². The first-order valence-corrected chi connectivity index (χ1v) is 17.3. The third kappa shape index (κ3) is 5.39. The SMILES string of the molecule is CCCc1cc2c(C)ccnc2n1Cc1ccc(-c2ccccc2-c2nnnn2C(c2ccccc2)(c2ccccc2)c2ccccc2)cc1. The molecule has 0 spiro atoms. The van der Waals surface area contributed by atoms with Crippen LogP contribution in [0.25, 0.3) is 33.5 Å². The molecule has 3 aromatic heterocycles. The van der Waals surface area contributed by atoms with Gasteiger partial charge in [-0.3, -0.25) is 0 Å². The van der Waals surface area contributed by atoms with Crippen LogP contribution in [0, 0.1) is 6.92 Å². The Morgan fingerprint density at radius 3 is 1.82 bits per heavy atom. The molecule has 0 aliphatic rings. The van der Waals surface area contributed by atoms with Crippen molar-refractivity contribution in [3.63, 3.8) is 0 Å². The molecule has 0 aliphatic carbocycles. The van der Waals surface area contributed by atoms with Crippen molar-refractivity contribution in [2.24, 2.45) is 0 Å². The third-order valence-corrected chi connectivity index (χ3v) is 9.74. The molecule has 0 unspecified atom stereocenters. The zero-order chi connectivity index (χ0) is 33.9. The zero-order valence-electron chi connectivity index (χ0n) is 28.3. The fourth-order valence-electron chi connectivity index (χ4n) is 7.36. The molecular formula is C44H38N6. The molecule has 0 amide bonds. The zero-order valence-corrected chi connectivity index (χ0v) is 28.3. The van der Waals surface area contributed by atoms with Gasteiger partial charge in [-0.15, -0.1) is 5.10 Å². The van der Waals surface area contributed by atoms with Crippen LogP contribution in [-0.4, -0.2) is 29.8 Å². The summed E-state index contributed by atoms with van der Waals surface area (Å²) in [7, 11) is 0. The highest BCUT2D eigenvalue weighted by Gasteiger charge is 2.42. The first-order valence-electron chi connectivity index (χ1n) is 17.3. The number of benzene rings is 5. The van der Waals surface area contributed by atoms with E-state index in [1.807, 2.05) is 29.1 Å². The van der Waals surface area contributed by atoms with Gasteiger partial charge in [0.2, 0.25) is 0 Å². The lowest BCUT2D eigenvalue weighted by Gasteiger charge is -2.36. The number of hydrogen-bond acceptors (Lipinski definition) is 4. The van der Waals surface area contributed by atoms with Gasteiger partial charge in [-0.2, -0.15) is 0 Å². The summed E-state index contributed by atoms with van der Waals surface area (Å²) in [6, 6.07) is 53.3. The van der Waals surface area contributed by atoms with Gasteiger partial charge in [0.25, 0.3) is 0 Å². The fourth-order valence-corrected chi connectivity index (χ4v) is 7.36. The molecule has 0 N–H and O–H groups in total. The Hall–Kier alpha value is -6.14. The molecule has 0 fully saturated rings. The third-order valence-electron chi connectivity index (χ3n) is 9.74. The van der Waals surface area contributed by atoms with E-state index >= 15 is 0 Å².